The van der Waals surface area contributed by atoms with Crippen molar-refractivity contribution in [3.8, 4) is 5.75 Å². The molecule has 0 bridgehead atoms. The lowest BCUT2D eigenvalue weighted by Gasteiger charge is -2.25. The molecule has 0 heterocycles. The Morgan fingerprint density at radius 1 is 1.50 bits per heavy atom. The van der Waals surface area contributed by atoms with Crippen LogP contribution in [0.15, 0.2) is 18.2 Å². The standard InChI is InChI=1S/C13H17NOS/c1-9-5-6-11(13(14)16)7-12(9)15-8-10-3-2-4-10/h5-7,10H,2-4,8H2,1H3,(H2,14,16). The first-order valence-electron chi connectivity index (χ1n) is 5.70. The van der Waals surface area contributed by atoms with E-state index in [1.54, 1.807) is 0 Å². The molecule has 0 atom stereocenters. The molecule has 0 aliphatic heterocycles. The van der Waals surface area contributed by atoms with Gasteiger partial charge in [-0.05, 0) is 37.3 Å². The number of hydrogen-bond acceptors (Lipinski definition) is 2. The maximum Gasteiger partial charge on any atom is 0.122 e. The summed E-state index contributed by atoms with van der Waals surface area (Å²) in [6, 6.07) is 5.88. The highest BCUT2D eigenvalue weighted by Crippen LogP contribution is 2.28. The van der Waals surface area contributed by atoms with Gasteiger partial charge in [0.1, 0.15) is 10.7 Å². The Balaban J connectivity index is 2.05. The molecule has 0 spiro atoms. The quantitative estimate of drug-likeness (QED) is 0.815. The van der Waals surface area contributed by atoms with E-state index >= 15 is 0 Å². The fourth-order valence-corrected chi connectivity index (χ4v) is 1.90. The van der Waals surface area contributed by atoms with Gasteiger partial charge in [0.2, 0.25) is 0 Å². The van der Waals surface area contributed by atoms with Crippen LogP contribution in [0.4, 0.5) is 0 Å². The van der Waals surface area contributed by atoms with Crippen molar-refractivity contribution in [2.75, 3.05) is 6.61 Å². The van der Waals surface area contributed by atoms with E-state index in [0.717, 1.165) is 29.4 Å². The van der Waals surface area contributed by atoms with Crippen molar-refractivity contribution in [1.82, 2.24) is 0 Å². The third kappa shape index (κ3) is 2.53. The highest BCUT2D eigenvalue weighted by Gasteiger charge is 2.18. The molecule has 2 nitrogen and oxygen atoms in total. The summed E-state index contributed by atoms with van der Waals surface area (Å²) in [7, 11) is 0. The number of nitrogens with two attached hydrogens (primary N) is 1. The summed E-state index contributed by atoms with van der Waals surface area (Å²) in [5.41, 5.74) is 7.62. The normalized spacial score (nSPS) is 15.6. The monoisotopic (exact) mass is 235 g/mol. The second-order valence-electron chi connectivity index (χ2n) is 4.45. The van der Waals surface area contributed by atoms with Gasteiger partial charge in [-0.15, -0.1) is 0 Å². The lowest BCUT2D eigenvalue weighted by atomic mass is 9.86. The van der Waals surface area contributed by atoms with Crippen LogP contribution in [0.5, 0.6) is 5.75 Å². The maximum atomic E-state index is 5.82. The van der Waals surface area contributed by atoms with Crippen molar-refractivity contribution in [3.63, 3.8) is 0 Å². The molecular formula is C13H17NOS. The van der Waals surface area contributed by atoms with Crippen molar-refractivity contribution in [3.05, 3.63) is 29.3 Å². The first-order chi connectivity index (χ1) is 7.66. The fourth-order valence-electron chi connectivity index (χ4n) is 1.78. The fraction of sp³-hybridized carbons (Fsp3) is 0.462. The first-order valence-corrected chi connectivity index (χ1v) is 6.11. The van der Waals surface area contributed by atoms with Gasteiger partial charge in [0.25, 0.3) is 0 Å². The van der Waals surface area contributed by atoms with Crippen LogP contribution in [-0.4, -0.2) is 11.6 Å². The van der Waals surface area contributed by atoms with E-state index in [1.807, 2.05) is 25.1 Å². The molecule has 0 aromatic heterocycles. The summed E-state index contributed by atoms with van der Waals surface area (Å²) < 4.78 is 5.82. The molecule has 1 saturated carbocycles. The molecule has 1 aliphatic rings. The van der Waals surface area contributed by atoms with Crippen molar-refractivity contribution >= 4 is 17.2 Å². The molecule has 86 valence electrons. The van der Waals surface area contributed by atoms with Crippen molar-refractivity contribution in [1.29, 1.82) is 0 Å². The van der Waals surface area contributed by atoms with Crippen LogP contribution in [0.1, 0.15) is 30.4 Å². The van der Waals surface area contributed by atoms with E-state index in [-0.39, 0.29) is 0 Å². The van der Waals surface area contributed by atoms with Crippen LogP contribution in [-0.2, 0) is 0 Å². The number of thiocarbonyl (C=S) groups is 1. The van der Waals surface area contributed by atoms with Crippen molar-refractivity contribution in [2.45, 2.75) is 26.2 Å². The molecule has 0 saturated heterocycles. The minimum absolute atomic E-state index is 0.425. The van der Waals surface area contributed by atoms with Gasteiger partial charge < -0.3 is 10.5 Å². The van der Waals surface area contributed by atoms with Gasteiger partial charge in [0, 0.05) is 5.56 Å². The average molecular weight is 235 g/mol. The van der Waals surface area contributed by atoms with Crippen molar-refractivity contribution < 1.29 is 4.74 Å². The van der Waals surface area contributed by atoms with E-state index in [4.69, 9.17) is 22.7 Å². The van der Waals surface area contributed by atoms with Gasteiger partial charge in [-0.3, -0.25) is 0 Å². The zero-order valence-electron chi connectivity index (χ0n) is 9.53. The van der Waals surface area contributed by atoms with Crippen molar-refractivity contribution in [2.24, 2.45) is 11.7 Å². The summed E-state index contributed by atoms with van der Waals surface area (Å²) in [6.45, 7) is 2.86. The third-order valence-electron chi connectivity index (χ3n) is 3.17. The lowest BCUT2D eigenvalue weighted by molar-refractivity contribution is 0.180. The number of benzene rings is 1. The van der Waals surface area contributed by atoms with Crippen LogP contribution in [0.25, 0.3) is 0 Å². The first kappa shape index (κ1) is 11.4. The van der Waals surface area contributed by atoms with Crippen LogP contribution in [0.3, 0.4) is 0 Å². The number of aryl methyl sites for hydroxylation is 1. The minimum Gasteiger partial charge on any atom is -0.493 e. The Hall–Kier alpha value is -1.09. The number of rotatable bonds is 4. The van der Waals surface area contributed by atoms with Gasteiger partial charge in [-0.1, -0.05) is 30.8 Å². The highest BCUT2D eigenvalue weighted by atomic mass is 32.1. The van der Waals surface area contributed by atoms with E-state index in [2.05, 4.69) is 0 Å². The number of hydrogen-bond donors (Lipinski definition) is 1. The molecule has 2 N–H and O–H groups in total. The smallest absolute Gasteiger partial charge is 0.122 e. The van der Waals surface area contributed by atoms with E-state index < -0.39 is 0 Å². The largest absolute Gasteiger partial charge is 0.493 e. The highest BCUT2D eigenvalue weighted by molar-refractivity contribution is 7.80. The second-order valence-corrected chi connectivity index (χ2v) is 4.89. The average Bonchev–Trinajstić information content (AvgIpc) is 2.18. The molecule has 1 fully saturated rings. The van der Waals surface area contributed by atoms with Gasteiger partial charge in [-0.25, -0.2) is 0 Å². The molecule has 3 heteroatoms. The predicted molar refractivity (Wildman–Crippen MR) is 69.9 cm³/mol. The molecule has 16 heavy (non-hydrogen) atoms. The van der Waals surface area contributed by atoms with Crippen LogP contribution >= 0.6 is 12.2 Å². The summed E-state index contributed by atoms with van der Waals surface area (Å²) in [6.07, 6.45) is 3.95. The Morgan fingerprint density at radius 2 is 2.25 bits per heavy atom. The zero-order chi connectivity index (χ0) is 11.5. The maximum absolute atomic E-state index is 5.82. The molecule has 1 aliphatic carbocycles. The van der Waals surface area contributed by atoms with Gasteiger partial charge in [0.15, 0.2) is 0 Å². The molecule has 1 aromatic carbocycles. The summed E-state index contributed by atoms with van der Waals surface area (Å²) >= 11 is 4.96. The SMILES string of the molecule is Cc1ccc(C(N)=S)cc1OCC1CCC1. The molecule has 2 rings (SSSR count). The summed E-state index contributed by atoms with van der Waals surface area (Å²) in [5.74, 6) is 1.66. The zero-order valence-corrected chi connectivity index (χ0v) is 10.3. The molecular weight excluding hydrogens is 218 g/mol. The molecule has 1 aromatic rings. The van der Waals surface area contributed by atoms with Gasteiger partial charge >= 0.3 is 0 Å². The Bertz CT molecular complexity index is 399. The topological polar surface area (TPSA) is 35.2 Å². The molecule has 0 unspecified atom stereocenters. The Labute approximate surface area is 102 Å². The summed E-state index contributed by atoms with van der Waals surface area (Å²) in [5, 5.41) is 0. The predicted octanol–water partition coefficient (Wildman–Crippen LogP) is 2.81. The molecule has 0 amide bonds. The van der Waals surface area contributed by atoms with Gasteiger partial charge in [-0.2, -0.15) is 0 Å². The Morgan fingerprint density at radius 3 is 2.81 bits per heavy atom. The van der Waals surface area contributed by atoms with E-state index in [9.17, 15) is 0 Å². The molecule has 0 radical (unpaired) electrons. The number of ether oxygens (including phenoxy) is 1. The second kappa shape index (κ2) is 4.83. The Kier molecular flexibility index (Phi) is 3.44. The summed E-state index contributed by atoms with van der Waals surface area (Å²) in [4.78, 5) is 0.425. The third-order valence-corrected chi connectivity index (χ3v) is 3.41. The lowest BCUT2D eigenvalue weighted by Crippen LogP contribution is -2.19. The minimum atomic E-state index is 0.425. The van der Waals surface area contributed by atoms with Crippen LogP contribution in [0, 0.1) is 12.8 Å². The van der Waals surface area contributed by atoms with E-state index in [1.165, 1.54) is 19.3 Å². The van der Waals surface area contributed by atoms with E-state index in [0.29, 0.717) is 4.99 Å². The van der Waals surface area contributed by atoms with Gasteiger partial charge in [0.05, 0.1) is 6.61 Å². The van der Waals surface area contributed by atoms with Crippen LogP contribution in [0.2, 0.25) is 0 Å². The van der Waals surface area contributed by atoms with Crippen LogP contribution < -0.4 is 10.5 Å².